The van der Waals surface area contributed by atoms with Crippen LogP contribution in [0.15, 0.2) is 36.4 Å². The molecule has 0 aliphatic heterocycles. The number of carbonyl (C=O) groups excluding carboxylic acids is 1. The van der Waals surface area contributed by atoms with Crippen LogP contribution in [0.4, 0.5) is 0 Å². The van der Waals surface area contributed by atoms with Crippen molar-refractivity contribution in [3.63, 3.8) is 0 Å². The van der Waals surface area contributed by atoms with Crippen molar-refractivity contribution in [1.29, 1.82) is 0 Å². The van der Waals surface area contributed by atoms with E-state index in [0.717, 1.165) is 28.7 Å². The van der Waals surface area contributed by atoms with Gasteiger partial charge in [-0.3, -0.25) is 4.79 Å². The van der Waals surface area contributed by atoms with E-state index < -0.39 is 8.32 Å². The molecule has 0 bridgehead atoms. The van der Waals surface area contributed by atoms with Crippen molar-refractivity contribution in [1.82, 2.24) is 0 Å². The Balaban J connectivity index is 2.30. The second-order valence-corrected chi connectivity index (χ2v) is 17.7. The van der Waals surface area contributed by atoms with E-state index in [0.29, 0.717) is 18.3 Å². The Kier molecular flexibility index (Phi) is 9.22. The number of esters is 1. The van der Waals surface area contributed by atoms with Crippen LogP contribution in [-0.2, 0) is 21.1 Å². The first-order chi connectivity index (χ1) is 15.9. The van der Waals surface area contributed by atoms with Gasteiger partial charge in [-0.2, -0.15) is 0 Å². The van der Waals surface area contributed by atoms with E-state index >= 15 is 0 Å². The minimum absolute atomic E-state index is 0.140. The second-order valence-electron chi connectivity index (χ2n) is 12.9. The minimum atomic E-state index is -1.91. The highest BCUT2D eigenvalue weighted by Gasteiger charge is 2.39. The van der Waals surface area contributed by atoms with Crippen LogP contribution in [0.1, 0.15) is 89.1 Å². The van der Waals surface area contributed by atoms with Gasteiger partial charge < -0.3 is 9.16 Å². The zero-order valence-corrected chi connectivity index (χ0v) is 25.3. The van der Waals surface area contributed by atoms with Crippen molar-refractivity contribution in [2.75, 3.05) is 6.61 Å². The molecule has 1 atom stereocenters. The fourth-order valence-electron chi connectivity index (χ4n) is 4.27. The number of carbonyl (C=O) groups is 1. The maximum absolute atomic E-state index is 13.3. The number of hydrogen-bond donors (Lipinski definition) is 0. The summed E-state index contributed by atoms with van der Waals surface area (Å²) in [5.74, 6) is 0.687. The molecule has 0 aliphatic rings. The van der Waals surface area contributed by atoms with Crippen molar-refractivity contribution in [2.24, 2.45) is 5.92 Å². The average Bonchev–Trinajstić information content (AvgIpc) is 2.70. The van der Waals surface area contributed by atoms with Crippen LogP contribution in [0.25, 0.3) is 0 Å². The number of hydrogen-bond acceptors (Lipinski definition) is 3. The molecule has 0 saturated carbocycles. The second kappa shape index (κ2) is 11.0. The summed E-state index contributed by atoms with van der Waals surface area (Å²) in [7, 11) is -1.91. The number of aryl methyl sites for hydroxylation is 2. The third-order valence-electron chi connectivity index (χ3n) is 7.41. The molecule has 0 aromatic heterocycles. The molecule has 2 aromatic rings. The van der Waals surface area contributed by atoms with Gasteiger partial charge in [0.25, 0.3) is 0 Å². The highest BCUT2D eigenvalue weighted by Crippen LogP contribution is 2.41. The molecule has 0 fully saturated rings. The molecule has 2 rings (SSSR count). The molecule has 194 valence electrons. The molecule has 4 heteroatoms. The van der Waals surface area contributed by atoms with Gasteiger partial charge in [-0.15, -0.1) is 0 Å². The normalized spacial score (nSPS) is 13.7. The average molecular weight is 497 g/mol. The SMILES string of the molecule is Cc1cc(C)c(C(C)(C)CO[Si](C)(C)C(C)(C)C)c(OC(=O)C(C)c2ccc(CC(C)C)cc2)c1. The molecule has 0 radical (unpaired) electrons. The summed E-state index contributed by atoms with van der Waals surface area (Å²) >= 11 is 0. The van der Waals surface area contributed by atoms with Crippen LogP contribution in [0.5, 0.6) is 5.75 Å². The maximum Gasteiger partial charge on any atom is 0.318 e. The third kappa shape index (κ3) is 7.53. The summed E-state index contributed by atoms with van der Waals surface area (Å²) in [5, 5.41) is 0.140. The van der Waals surface area contributed by atoms with E-state index in [-0.39, 0.29) is 22.3 Å². The highest BCUT2D eigenvalue weighted by molar-refractivity contribution is 6.74. The summed E-state index contributed by atoms with van der Waals surface area (Å²) in [4.78, 5) is 13.3. The summed E-state index contributed by atoms with van der Waals surface area (Å²) < 4.78 is 12.7. The molecule has 0 amide bonds. The molecular weight excluding hydrogens is 448 g/mol. The van der Waals surface area contributed by atoms with Crippen LogP contribution in [0.2, 0.25) is 18.1 Å². The molecule has 35 heavy (non-hydrogen) atoms. The van der Waals surface area contributed by atoms with Gasteiger partial charge in [-0.25, -0.2) is 0 Å². The van der Waals surface area contributed by atoms with Gasteiger partial charge in [-0.1, -0.05) is 78.8 Å². The third-order valence-corrected chi connectivity index (χ3v) is 11.9. The van der Waals surface area contributed by atoms with Crippen LogP contribution in [0.3, 0.4) is 0 Å². The molecule has 3 nitrogen and oxygen atoms in total. The van der Waals surface area contributed by atoms with Crippen molar-refractivity contribution in [3.05, 3.63) is 64.2 Å². The Labute approximate surface area is 215 Å². The van der Waals surface area contributed by atoms with Crippen molar-refractivity contribution < 1.29 is 14.0 Å². The van der Waals surface area contributed by atoms with E-state index in [2.05, 4.69) is 98.8 Å². The van der Waals surface area contributed by atoms with Crippen molar-refractivity contribution in [2.45, 2.75) is 105 Å². The van der Waals surface area contributed by atoms with Crippen LogP contribution >= 0.6 is 0 Å². The predicted molar refractivity (Wildman–Crippen MR) is 151 cm³/mol. The summed E-state index contributed by atoms with van der Waals surface area (Å²) in [5.41, 5.74) is 5.24. The van der Waals surface area contributed by atoms with Gasteiger partial charge in [0, 0.05) is 17.6 Å². The monoisotopic (exact) mass is 496 g/mol. The first kappa shape index (κ1) is 29.3. The minimum Gasteiger partial charge on any atom is -0.426 e. The molecule has 0 N–H and O–H groups in total. The molecule has 1 unspecified atom stereocenters. The van der Waals surface area contributed by atoms with Crippen molar-refractivity contribution >= 4 is 14.3 Å². The molecule has 2 aromatic carbocycles. The number of benzene rings is 2. The van der Waals surface area contributed by atoms with Crippen LogP contribution < -0.4 is 4.74 Å². The lowest BCUT2D eigenvalue weighted by Crippen LogP contribution is -2.44. The topological polar surface area (TPSA) is 35.5 Å². The van der Waals surface area contributed by atoms with E-state index in [1.807, 2.05) is 19.9 Å². The highest BCUT2D eigenvalue weighted by atomic mass is 28.4. The predicted octanol–water partition coefficient (Wildman–Crippen LogP) is 8.51. The zero-order chi connectivity index (χ0) is 26.8. The Bertz CT molecular complexity index is 1010. The quantitative estimate of drug-likeness (QED) is 0.198. The fraction of sp³-hybridized carbons (Fsp3) is 0.581. The van der Waals surface area contributed by atoms with Crippen LogP contribution in [0, 0.1) is 19.8 Å². The van der Waals surface area contributed by atoms with Crippen LogP contribution in [-0.4, -0.2) is 20.9 Å². The molecule has 0 heterocycles. The van der Waals surface area contributed by atoms with Gasteiger partial charge in [-0.05, 0) is 79.6 Å². The molecule has 0 saturated heterocycles. The van der Waals surface area contributed by atoms with E-state index in [9.17, 15) is 4.79 Å². The lowest BCUT2D eigenvalue weighted by atomic mass is 9.81. The van der Waals surface area contributed by atoms with E-state index in [1.54, 1.807) is 0 Å². The Morgan fingerprint density at radius 1 is 0.943 bits per heavy atom. The van der Waals surface area contributed by atoms with Crippen molar-refractivity contribution in [3.8, 4) is 5.75 Å². The van der Waals surface area contributed by atoms with Gasteiger partial charge in [0.15, 0.2) is 8.32 Å². The maximum atomic E-state index is 13.3. The lowest BCUT2D eigenvalue weighted by Gasteiger charge is -2.39. The van der Waals surface area contributed by atoms with Gasteiger partial charge in [0.1, 0.15) is 5.75 Å². The summed E-state index contributed by atoms with van der Waals surface area (Å²) in [6.45, 7) is 26.8. The standard InChI is InChI=1S/C31H48O3Si/c1-21(2)17-25-13-15-26(16-14-25)24(5)29(32)34-27-19-22(3)18-23(4)28(27)31(9,10)20-33-35(11,12)30(6,7)8/h13-16,18-19,21,24H,17,20H2,1-12H3. The van der Waals surface area contributed by atoms with E-state index in [4.69, 9.17) is 9.16 Å². The smallest absolute Gasteiger partial charge is 0.318 e. The first-order valence-corrected chi connectivity index (χ1v) is 15.9. The number of rotatable bonds is 9. The lowest BCUT2D eigenvalue weighted by molar-refractivity contribution is -0.135. The van der Waals surface area contributed by atoms with Gasteiger partial charge in [0.2, 0.25) is 0 Å². The van der Waals surface area contributed by atoms with E-state index in [1.165, 1.54) is 5.56 Å². The Morgan fingerprint density at radius 3 is 2.03 bits per heavy atom. The van der Waals surface area contributed by atoms with Gasteiger partial charge in [0.05, 0.1) is 5.92 Å². The van der Waals surface area contributed by atoms with Gasteiger partial charge >= 0.3 is 5.97 Å². The zero-order valence-electron chi connectivity index (χ0n) is 24.3. The molecular formula is C31H48O3Si. The Hall–Kier alpha value is -1.91. The fourth-order valence-corrected chi connectivity index (χ4v) is 5.43. The first-order valence-electron chi connectivity index (χ1n) is 13.0. The summed E-state index contributed by atoms with van der Waals surface area (Å²) in [6, 6.07) is 12.5. The largest absolute Gasteiger partial charge is 0.426 e. The molecule has 0 spiro atoms. The molecule has 0 aliphatic carbocycles. The number of ether oxygens (including phenoxy) is 1. The Morgan fingerprint density at radius 2 is 1.51 bits per heavy atom. The summed E-state index contributed by atoms with van der Waals surface area (Å²) in [6.07, 6.45) is 1.04.